The molecule has 1 fully saturated rings. The Morgan fingerprint density at radius 2 is 1.61 bits per heavy atom. The van der Waals surface area contributed by atoms with Crippen LogP contribution >= 0.6 is 11.6 Å². The average molecular weight is 501 g/mol. The van der Waals surface area contributed by atoms with Crippen LogP contribution in [0.4, 0.5) is 23.4 Å². The van der Waals surface area contributed by atoms with E-state index in [1.807, 2.05) is 17.0 Å². The fraction of sp³-hybridized carbons (Fsp3) is 0.238. The number of aromatic nitrogens is 2. The van der Waals surface area contributed by atoms with Crippen LogP contribution in [0.2, 0.25) is 5.02 Å². The van der Waals surface area contributed by atoms with Crippen LogP contribution < -0.4 is 4.90 Å². The predicted octanol–water partition coefficient (Wildman–Crippen LogP) is 4.47. The molecule has 0 spiro atoms. The Bertz CT molecular complexity index is 1260. The molecule has 0 bridgehead atoms. The molecule has 0 saturated carbocycles. The number of piperazine rings is 1. The van der Waals surface area contributed by atoms with Crippen molar-refractivity contribution >= 4 is 27.4 Å². The Kier molecular flexibility index (Phi) is 6.30. The lowest BCUT2D eigenvalue weighted by molar-refractivity contribution is -0.140. The van der Waals surface area contributed by atoms with Crippen LogP contribution in [-0.4, -0.2) is 49.1 Å². The molecular formula is C21H17ClF4N4O2S. The normalized spacial score (nSPS) is 15.6. The largest absolute Gasteiger partial charge is 0.419 e. The maximum Gasteiger partial charge on any atom is 0.419 e. The highest BCUT2D eigenvalue weighted by molar-refractivity contribution is 7.89. The number of hydrogen-bond acceptors (Lipinski definition) is 5. The molecule has 1 saturated heterocycles. The van der Waals surface area contributed by atoms with Gasteiger partial charge in [0.25, 0.3) is 0 Å². The maximum absolute atomic E-state index is 13.5. The van der Waals surface area contributed by atoms with Crippen molar-refractivity contribution in [2.45, 2.75) is 11.1 Å². The Hall–Kier alpha value is -2.76. The summed E-state index contributed by atoms with van der Waals surface area (Å²) in [7, 11) is -4.23. The SMILES string of the molecule is O=S(=O)(c1ccc(F)c(C(F)(F)F)c1)N1CCN(c2ccc(-c3ccccc3Cl)nn2)CC1. The van der Waals surface area contributed by atoms with E-state index < -0.39 is 32.5 Å². The molecule has 0 N–H and O–H groups in total. The molecule has 2 aromatic carbocycles. The average Bonchev–Trinajstić information content (AvgIpc) is 2.79. The van der Waals surface area contributed by atoms with E-state index in [1.54, 1.807) is 24.3 Å². The lowest BCUT2D eigenvalue weighted by Gasteiger charge is -2.34. The van der Waals surface area contributed by atoms with Crippen LogP contribution in [0.1, 0.15) is 5.56 Å². The van der Waals surface area contributed by atoms with Crippen molar-refractivity contribution in [3.05, 3.63) is 71.0 Å². The summed E-state index contributed by atoms with van der Waals surface area (Å²) in [6.07, 6.45) is -5.00. The predicted molar refractivity (Wildman–Crippen MR) is 115 cm³/mol. The van der Waals surface area contributed by atoms with Crippen molar-refractivity contribution in [2.75, 3.05) is 31.1 Å². The van der Waals surface area contributed by atoms with Gasteiger partial charge in [-0.15, -0.1) is 10.2 Å². The standard InChI is InChI=1S/C21H17ClF4N4O2S/c22-17-4-2-1-3-15(17)19-7-8-20(28-27-19)29-9-11-30(12-10-29)33(31,32)14-5-6-18(23)16(13-14)21(24,25)26/h1-8,13H,9-12H2. The minimum Gasteiger partial charge on any atom is -0.352 e. The van der Waals surface area contributed by atoms with E-state index in [1.165, 1.54) is 0 Å². The number of halogens is 5. The summed E-state index contributed by atoms with van der Waals surface area (Å²) in [5.74, 6) is -0.992. The third-order valence-corrected chi connectivity index (χ3v) is 7.47. The van der Waals surface area contributed by atoms with Crippen LogP contribution in [0.25, 0.3) is 11.3 Å². The Balaban J connectivity index is 1.47. The fourth-order valence-corrected chi connectivity index (χ4v) is 5.18. The van der Waals surface area contributed by atoms with Gasteiger partial charge in [0.15, 0.2) is 5.82 Å². The minimum atomic E-state index is -5.00. The minimum absolute atomic E-state index is 0.0228. The monoisotopic (exact) mass is 500 g/mol. The molecule has 174 valence electrons. The smallest absolute Gasteiger partial charge is 0.352 e. The number of alkyl halides is 3. The summed E-state index contributed by atoms with van der Waals surface area (Å²) < 4.78 is 79.2. The summed E-state index contributed by atoms with van der Waals surface area (Å²) in [6.45, 7) is 0.559. The van der Waals surface area contributed by atoms with Crippen LogP contribution in [-0.2, 0) is 16.2 Å². The Morgan fingerprint density at radius 3 is 2.21 bits per heavy atom. The molecule has 33 heavy (non-hydrogen) atoms. The molecule has 0 unspecified atom stereocenters. The second-order valence-corrected chi connectivity index (χ2v) is 9.63. The van der Waals surface area contributed by atoms with E-state index in [2.05, 4.69) is 10.2 Å². The van der Waals surface area contributed by atoms with Gasteiger partial charge in [-0.2, -0.15) is 17.5 Å². The lowest BCUT2D eigenvalue weighted by Crippen LogP contribution is -2.49. The van der Waals surface area contributed by atoms with Gasteiger partial charge in [-0.3, -0.25) is 0 Å². The molecule has 1 aromatic heterocycles. The first-order valence-electron chi connectivity index (χ1n) is 9.78. The van der Waals surface area contributed by atoms with Crippen LogP contribution in [0.3, 0.4) is 0 Å². The van der Waals surface area contributed by atoms with Crippen molar-refractivity contribution in [1.29, 1.82) is 0 Å². The molecule has 6 nitrogen and oxygen atoms in total. The van der Waals surface area contributed by atoms with Crippen LogP contribution in [0, 0.1) is 5.82 Å². The number of benzene rings is 2. The second kappa shape index (κ2) is 8.88. The lowest BCUT2D eigenvalue weighted by atomic mass is 10.1. The third-order valence-electron chi connectivity index (χ3n) is 5.24. The fourth-order valence-electron chi connectivity index (χ4n) is 3.50. The molecule has 4 rings (SSSR count). The zero-order valence-corrected chi connectivity index (χ0v) is 18.5. The van der Waals surface area contributed by atoms with E-state index in [0.717, 1.165) is 15.9 Å². The van der Waals surface area contributed by atoms with Crippen molar-refractivity contribution in [1.82, 2.24) is 14.5 Å². The highest BCUT2D eigenvalue weighted by Gasteiger charge is 2.37. The first-order valence-corrected chi connectivity index (χ1v) is 11.6. The number of nitrogens with zero attached hydrogens (tertiary/aromatic N) is 4. The summed E-state index contributed by atoms with van der Waals surface area (Å²) in [6, 6.07) is 12.4. The Morgan fingerprint density at radius 1 is 0.909 bits per heavy atom. The van der Waals surface area contributed by atoms with Gasteiger partial charge in [-0.1, -0.05) is 29.8 Å². The number of hydrogen-bond donors (Lipinski definition) is 0. The van der Waals surface area contributed by atoms with Gasteiger partial charge in [-0.25, -0.2) is 12.8 Å². The van der Waals surface area contributed by atoms with Gasteiger partial charge < -0.3 is 4.90 Å². The first-order chi connectivity index (χ1) is 15.6. The summed E-state index contributed by atoms with van der Waals surface area (Å²) in [5, 5.41) is 8.92. The highest BCUT2D eigenvalue weighted by atomic mass is 35.5. The van der Waals surface area contributed by atoms with Crippen molar-refractivity contribution < 1.29 is 26.0 Å². The molecule has 0 atom stereocenters. The zero-order valence-electron chi connectivity index (χ0n) is 16.9. The molecule has 1 aliphatic heterocycles. The van der Waals surface area contributed by atoms with Crippen molar-refractivity contribution in [3.63, 3.8) is 0 Å². The molecule has 3 aromatic rings. The highest BCUT2D eigenvalue weighted by Crippen LogP contribution is 2.33. The molecule has 1 aliphatic rings. The first kappa shape index (κ1) is 23.4. The molecule has 12 heteroatoms. The van der Waals surface area contributed by atoms with Gasteiger partial charge in [-0.05, 0) is 36.4 Å². The van der Waals surface area contributed by atoms with Gasteiger partial charge >= 0.3 is 6.18 Å². The van der Waals surface area contributed by atoms with Gasteiger partial charge in [0.2, 0.25) is 10.0 Å². The number of sulfonamides is 1. The summed E-state index contributed by atoms with van der Waals surface area (Å²) in [4.78, 5) is 1.22. The van der Waals surface area contributed by atoms with Gasteiger partial charge in [0.1, 0.15) is 5.82 Å². The van der Waals surface area contributed by atoms with Crippen molar-refractivity contribution in [3.8, 4) is 11.3 Å². The summed E-state index contributed by atoms with van der Waals surface area (Å²) in [5.41, 5.74) is -0.301. The zero-order chi connectivity index (χ0) is 23.8. The molecule has 0 radical (unpaired) electrons. The molecule has 2 heterocycles. The Labute approximate surface area is 192 Å². The van der Waals surface area contributed by atoms with E-state index in [4.69, 9.17) is 11.6 Å². The van der Waals surface area contributed by atoms with Crippen molar-refractivity contribution in [2.24, 2.45) is 0 Å². The van der Waals surface area contributed by atoms with Gasteiger partial charge in [0.05, 0.1) is 21.2 Å². The van der Waals surface area contributed by atoms with Gasteiger partial charge in [0, 0.05) is 31.7 Å². The molecular weight excluding hydrogens is 484 g/mol. The molecule has 0 amide bonds. The van der Waals surface area contributed by atoms with E-state index in [-0.39, 0.29) is 26.2 Å². The van der Waals surface area contributed by atoms with E-state index >= 15 is 0 Å². The topological polar surface area (TPSA) is 66.4 Å². The second-order valence-electron chi connectivity index (χ2n) is 7.29. The van der Waals surface area contributed by atoms with Crippen LogP contribution in [0.5, 0.6) is 0 Å². The quantitative estimate of drug-likeness (QED) is 0.495. The number of rotatable bonds is 4. The van der Waals surface area contributed by atoms with E-state index in [0.29, 0.717) is 28.7 Å². The third kappa shape index (κ3) is 4.80. The summed E-state index contributed by atoms with van der Waals surface area (Å²) >= 11 is 6.18. The maximum atomic E-state index is 13.5. The molecule has 0 aliphatic carbocycles. The number of anilines is 1. The van der Waals surface area contributed by atoms with Crippen LogP contribution in [0.15, 0.2) is 59.5 Å². The van der Waals surface area contributed by atoms with E-state index in [9.17, 15) is 26.0 Å².